The minimum atomic E-state index is -1.11. The molecule has 0 aliphatic rings. The molecule has 10 aromatic rings. The first-order chi connectivity index (χ1) is 29.4. The van der Waals surface area contributed by atoms with Crippen molar-refractivity contribution in [3.05, 3.63) is 150 Å². The summed E-state index contributed by atoms with van der Waals surface area (Å²) < 4.78 is 0. The third-order valence-corrected chi connectivity index (χ3v) is 12.7. The minimum absolute atomic E-state index is 0.230. The van der Waals surface area contributed by atoms with Crippen molar-refractivity contribution in [2.24, 2.45) is 0 Å². The Labute approximate surface area is 350 Å². The van der Waals surface area contributed by atoms with Crippen molar-refractivity contribution < 1.29 is 35.7 Å². The molecule has 10 rings (SSSR count). The van der Waals surface area contributed by atoms with E-state index in [1.165, 1.54) is 11.1 Å². The molecular formula is C54H40O7. The molecule has 0 saturated carbocycles. The highest BCUT2D eigenvalue weighted by molar-refractivity contribution is 6.30. The van der Waals surface area contributed by atoms with Crippen LogP contribution in [0.2, 0.25) is 0 Å². The van der Waals surface area contributed by atoms with Gasteiger partial charge in [0.2, 0.25) is 11.5 Å². The number of rotatable bonds is 5. The van der Waals surface area contributed by atoms with Crippen LogP contribution in [-0.4, -0.2) is 35.7 Å². The van der Waals surface area contributed by atoms with Crippen LogP contribution >= 0.6 is 0 Å². The second kappa shape index (κ2) is 13.6. The molecule has 0 heterocycles. The molecule has 0 radical (unpaired) electrons. The number of aryl methyl sites for hydroxylation is 2. The van der Waals surface area contributed by atoms with Gasteiger partial charge in [-0.05, 0) is 138 Å². The maximum Gasteiger partial charge on any atom is 0.205 e. The molecule has 7 nitrogen and oxygen atoms in total. The van der Waals surface area contributed by atoms with Gasteiger partial charge in [-0.3, -0.25) is 0 Å². The Morgan fingerprint density at radius 1 is 0.279 bits per heavy atom. The van der Waals surface area contributed by atoms with E-state index in [2.05, 4.69) is 119 Å². The second-order valence-corrected chi connectivity index (χ2v) is 16.0. The summed E-state index contributed by atoms with van der Waals surface area (Å²) in [6.45, 7) is 8.58. The van der Waals surface area contributed by atoms with Crippen molar-refractivity contribution in [1.82, 2.24) is 0 Å². The molecule has 0 atom stereocenters. The molecule has 61 heavy (non-hydrogen) atoms. The standard InChI is InChI=1S/C54H40O7/c1-26-11-5-7-13-31(26)33-15-9-17-35(28(33)3)41-25-42(36-18-10-16-34(29(36)4)32-14-8-6-12-27(32)2)40-24-23-37-38(21-19-30-20-22-39(41)44(40)43(30)37)45-48(55)46-47(50(57)49(45)56)52(59)54(61)53(60)51(46)58/h5-25,55-61H,1-4H3. The van der Waals surface area contributed by atoms with Gasteiger partial charge in [0.15, 0.2) is 23.0 Å². The zero-order valence-electron chi connectivity index (χ0n) is 33.8. The molecule has 0 aromatic heterocycles. The molecule has 0 aliphatic carbocycles. The zero-order valence-corrected chi connectivity index (χ0v) is 33.8. The lowest BCUT2D eigenvalue weighted by molar-refractivity contribution is 0.347. The van der Waals surface area contributed by atoms with Gasteiger partial charge >= 0.3 is 0 Å². The van der Waals surface area contributed by atoms with Crippen molar-refractivity contribution in [2.45, 2.75) is 27.7 Å². The van der Waals surface area contributed by atoms with Crippen LogP contribution in [0.25, 0.3) is 98.7 Å². The van der Waals surface area contributed by atoms with Gasteiger partial charge < -0.3 is 35.7 Å². The van der Waals surface area contributed by atoms with Crippen molar-refractivity contribution in [1.29, 1.82) is 0 Å². The summed E-state index contributed by atoms with van der Waals surface area (Å²) in [5.74, 6) is -6.58. The molecule has 0 spiro atoms. The van der Waals surface area contributed by atoms with Gasteiger partial charge in [0.25, 0.3) is 0 Å². The van der Waals surface area contributed by atoms with E-state index in [1.807, 2.05) is 30.3 Å². The summed E-state index contributed by atoms with van der Waals surface area (Å²) in [5, 5.41) is 81.1. The maximum absolute atomic E-state index is 11.8. The highest BCUT2D eigenvalue weighted by Gasteiger charge is 2.30. The van der Waals surface area contributed by atoms with Crippen molar-refractivity contribution >= 4 is 43.1 Å². The highest BCUT2D eigenvalue weighted by Crippen LogP contribution is 2.60. The molecule has 7 heteroatoms. The predicted molar refractivity (Wildman–Crippen MR) is 245 cm³/mol. The van der Waals surface area contributed by atoms with Crippen molar-refractivity contribution in [2.75, 3.05) is 0 Å². The minimum Gasteiger partial charge on any atom is -0.506 e. The van der Waals surface area contributed by atoms with Gasteiger partial charge in [0, 0.05) is 0 Å². The Morgan fingerprint density at radius 2 is 0.672 bits per heavy atom. The molecule has 0 fully saturated rings. The Morgan fingerprint density at radius 3 is 1.18 bits per heavy atom. The molecule has 10 aromatic carbocycles. The van der Waals surface area contributed by atoms with Crippen LogP contribution in [0.1, 0.15) is 22.3 Å². The summed E-state index contributed by atoms with van der Waals surface area (Å²) in [7, 11) is 0. The summed E-state index contributed by atoms with van der Waals surface area (Å²) in [6, 6.07) is 43.7. The Kier molecular flexibility index (Phi) is 8.32. The van der Waals surface area contributed by atoms with E-state index in [9.17, 15) is 35.7 Å². The number of fused-ring (bicyclic) bond motifs is 1. The molecule has 0 amide bonds. The van der Waals surface area contributed by atoms with Gasteiger partial charge in [-0.15, -0.1) is 0 Å². The first-order valence-electron chi connectivity index (χ1n) is 20.0. The quantitative estimate of drug-likeness (QED) is 0.0522. The smallest absolute Gasteiger partial charge is 0.205 e. The monoisotopic (exact) mass is 800 g/mol. The Bertz CT molecular complexity index is 3380. The molecular weight excluding hydrogens is 761 g/mol. The fourth-order valence-electron chi connectivity index (χ4n) is 9.64. The zero-order chi connectivity index (χ0) is 42.6. The van der Waals surface area contributed by atoms with E-state index < -0.39 is 51.0 Å². The van der Waals surface area contributed by atoms with Crippen LogP contribution in [0.3, 0.4) is 0 Å². The van der Waals surface area contributed by atoms with Crippen LogP contribution < -0.4 is 0 Å². The lowest BCUT2D eigenvalue weighted by Gasteiger charge is -2.23. The van der Waals surface area contributed by atoms with Gasteiger partial charge in [-0.2, -0.15) is 0 Å². The van der Waals surface area contributed by atoms with E-state index in [0.29, 0.717) is 10.9 Å². The van der Waals surface area contributed by atoms with Gasteiger partial charge in [-0.25, -0.2) is 0 Å². The topological polar surface area (TPSA) is 142 Å². The molecule has 0 unspecified atom stereocenters. The number of hydrogen-bond acceptors (Lipinski definition) is 7. The van der Waals surface area contributed by atoms with E-state index in [0.717, 1.165) is 82.6 Å². The molecule has 0 saturated heterocycles. The van der Waals surface area contributed by atoms with E-state index >= 15 is 0 Å². The van der Waals surface area contributed by atoms with Crippen LogP contribution in [0, 0.1) is 27.7 Å². The Balaban J connectivity index is 1.33. The SMILES string of the molecule is Cc1ccccc1-c1cccc(-c2cc(-c3cccc(-c4ccccc4C)c3C)c3ccc4c(-c5c(O)c(O)c6c(O)c(O)c(O)c(O)c6c5O)ccc5ccc2c3c54)c1C. The van der Waals surface area contributed by atoms with Gasteiger partial charge in [0.1, 0.15) is 5.75 Å². The van der Waals surface area contributed by atoms with Crippen LogP contribution in [0.15, 0.2) is 127 Å². The Hall–Kier alpha value is -7.90. The average molecular weight is 801 g/mol. The van der Waals surface area contributed by atoms with Crippen LogP contribution in [-0.2, 0) is 0 Å². The first-order valence-corrected chi connectivity index (χ1v) is 20.0. The molecule has 298 valence electrons. The average Bonchev–Trinajstić information content (AvgIpc) is 3.26. The van der Waals surface area contributed by atoms with Crippen molar-refractivity contribution in [3.63, 3.8) is 0 Å². The van der Waals surface area contributed by atoms with Gasteiger partial charge in [-0.1, -0.05) is 121 Å². The summed E-state index contributed by atoms with van der Waals surface area (Å²) >= 11 is 0. The summed E-state index contributed by atoms with van der Waals surface area (Å²) in [6.07, 6.45) is 0. The number of aromatic hydroxyl groups is 7. The third kappa shape index (κ3) is 5.30. The lowest BCUT2D eigenvalue weighted by atomic mass is 9.81. The lowest BCUT2D eigenvalue weighted by Crippen LogP contribution is -1.96. The molecule has 0 aliphatic heterocycles. The number of phenolic OH excluding ortho intramolecular Hbond substituents is 7. The fourth-order valence-corrected chi connectivity index (χ4v) is 9.64. The summed E-state index contributed by atoms with van der Waals surface area (Å²) in [4.78, 5) is 0. The van der Waals surface area contributed by atoms with Crippen LogP contribution in [0.5, 0.6) is 40.2 Å². The number of hydrogen-bond donors (Lipinski definition) is 7. The third-order valence-electron chi connectivity index (χ3n) is 12.7. The largest absolute Gasteiger partial charge is 0.506 e. The number of benzene rings is 10. The normalized spacial score (nSPS) is 11.7. The second-order valence-electron chi connectivity index (χ2n) is 16.0. The number of phenols is 7. The van der Waals surface area contributed by atoms with Crippen molar-refractivity contribution in [3.8, 4) is 95.9 Å². The van der Waals surface area contributed by atoms with E-state index in [-0.39, 0.29) is 5.56 Å². The fraction of sp³-hybridized carbons (Fsp3) is 0.0741. The first kappa shape index (κ1) is 37.4. The van der Waals surface area contributed by atoms with E-state index in [1.54, 1.807) is 6.07 Å². The predicted octanol–water partition coefficient (Wildman–Crippen LogP) is 13.2. The van der Waals surface area contributed by atoms with E-state index in [4.69, 9.17) is 0 Å². The van der Waals surface area contributed by atoms with Crippen LogP contribution in [0.4, 0.5) is 0 Å². The highest BCUT2D eigenvalue weighted by atomic mass is 16.3. The molecule has 7 N–H and O–H groups in total. The van der Waals surface area contributed by atoms with Gasteiger partial charge in [0.05, 0.1) is 16.3 Å². The maximum atomic E-state index is 11.8. The summed E-state index contributed by atoms with van der Waals surface area (Å²) in [5.41, 5.74) is 13.5. The molecule has 0 bridgehead atoms.